The van der Waals surface area contributed by atoms with Crippen molar-refractivity contribution in [3.63, 3.8) is 0 Å². The Labute approximate surface area is 165 Å². The molecule has 3 heterocycles. The Morgan fingerprint density at radius 1 is 1.14 bits per heavy atom. The topological polar surface area (TPSA) is 37.3 Å². The van der Waals surface area contributed by atoms with Gasteiger partial charge < -0.3 is 14.8 Å². The predicted octanol–water partition coefficient (Wildman–Crippen LogP) is 4.83. The maximum atomic E-state index is 13.8. The number of carbonyl (C=O) groups excluding carboxylic acids is 1. The molecular formula is C23H28FN3O. The summed E-state index contributed by atoms with van der Waals surface area (Å²) in [6.45, 7) is 1.52. The Hall–Kier alpha value is -2.30. The first kappa shape index (κ1) is 17.8. The third-order valence-electron chi connectivity index (χ3n) is 6.99. The highest BCUT2D eigenvalue weighted by atomic mass is 19.1. The summed E-state index contributed by atoms with van der Waals surface area (Å²) in [4.78, 5) is 14.9. The molecule has 4 nitrogen and oxygen atoms in total. The van der Waals surface area contributed by atoms with Gasteiger partial charge in [-0.2, -0.15) is 0 Å². The van der Waals surface area contributed by atoms with Crippen LogP contribution in [0, 0.1) is 11.7 Å². The summed E-state index contributed by atoms with van der Waals surface area (Å²) in [5, 5.41) is 3.64. The lowest BCUT2D eigenvalue weighted by Crippen LogP contribution is -2.51. The molecule has 5 heteroatoms. The van der Waals surface area contributed by atoms with Gasteiger partial charge in [0.2, 0.25) is 5.91 Å². The summed E-state index contributed by atoms with van der Waals surface area (Å²) >= 11 is 0. The molecular weight excluding hydrogens is 353 g/mol. The fraction of sp³-hybridized carbons (Fsp3) is 0.522. The molecule has 1 aromatic heterocycles. The van der Waals surface area contributed by atoms with Crippen LogP contribution in [0.4, 0.5) is 10.1 Å². The number of fused-ring (bicyclic) bond motifs is 4. The van der Waals surface area contributed by atoms with E-state index >= 15 is 0 Å². The minimum atomic E-state index is -0.230. The normalized spacial score (nSPS) is 21.1. The molecule has 0 radical (unpaired) electrons. The zero-order chi connectivity index (χ0) is 19.1. The van der Waals surface area contributed by atoms with Gasteiger partial charge in [-0.1, -0.05) is 19.3 Å². The van der Waals surface area contributed by atoms with Gasteiger partial charge in [-0.15, -0.1) is 0 Å². The maximum absolute atomic E-state index is 13.8. The van der Waals surface area contributed by atoms with Crippen molar-refractivity contribution in [2.45, 2.75) is 56.9 Å². The Morgan fingerprint density at radius 2 is 1.93 bits per heavy atom. The average Bonchev–Trinajstić information content (AvgIpc) is 3.20. The number of likely N-dealkylation sites (tertiary alicyclic amines) is 1. The second kappa shape index (κ2) is 6.94. The average molecular weight is 381 g/mol. The van der Waals surface area contributed by atoms with Crippen LogP contribution in [-0.2, 0) is 10.3 Å². The fourth-order valence-corrected chi connectivity index (χ4v) is 5.41. The van der Waals surface area contributed by atoms with Gasteiger partial charge in [-0.3, -0.25) is 4.79 Å². The van der Waals surface area contributed by atoms with E-state index < -0.39 is 0 Å². The van der Waals surface area contributed by atoms with E-state index in [1.165, 1.54) is 43.9 Å². The van der Waals surface area contributed by atoms with Crippen molar-refractivity contribution in [1.29, 1.82) is 0 Å². The third-order valence-corrected chi connectivity index (χ3v) is 6.99. The van der Waals surface area contributed by atoms with Crippen molar-refractivity contribution in [3.05, 3.63) is 48.0 Å². The number of piperidine rings is 1. The molecule has 1 saturated heterocycles. The molecule has 1 aromatic carbocycles. The molecule has 1 amide bonds. The van der Waals surface area contributed by atoms with Gasteiger partial charge in [-0.25, -0.2) is 4.39 Å². The van der Waals surface area contributed by atoms with Gasteiger partial charge in [0.15, 0.2) is 0 Å². The maximum Gasteiger partial charge on any atom is 0.222 e. The molecule has 1 aliphatic carbocycles. The number of carbonyl (C=O) groups is 1. The number of aromatic nitrogens is 1. The summed E-state index contributed by atoms with van der Waals surface area (Å²) in [6.07, 6.45) is 10.8. The third kappa shape index (κ3) is 3.01. The van der Waals surface area contributed by atoms with Crippen LogP contribution in [0.2, 0.25) is 0 Å². The number of hydrogen-bond acceptors (Lipinski definition) is 2. The van der Waals surface area contributed by atoms with E-state index in [2.05, 4.69) is 33.1 Å². The number of nitrogens with zero attached hydrogens (tertiary/aromatic N) is 2. The molecule has 2 aromatic rings. The number of amides is 1. The monoisotopic (exact) mass is 381 g/mol. The fourth-order valence-electron chi connectivity index (χ4n) is 5.41. The smallest absolute Gasteiger partial charge is 0.222 e. The van der Waals surface area contributed by atoms with Crippen LogP contribution >= 0.6 is 0 Å². The lowest BCUT2D eigenvalue weighted by Gasteiger charge is -2.46. The predicted molar refractivity (Wildman–Crippen MR) is 108 cm³/mol. The molecule has 3 aliphatic rings. The molecule has 1 spiro atoms. The Kier molecular flexibility index (Phi) is 4.41. The van der Waals surface area contributed by atoms with Crippen LogP contribution in [0.1, 0.15) is 57.1 Å². The first-order valence-electron chi connectivity index (χ1n) is 10.7. The highest BCUT2D eigenvalue weighted by molar-refractivity contribution is 5.77. The molecule has 2 aliphatic heterocycles. The van der Waals surface area contributed by atoms with Gasteiger partial charge in [0, 0.05) is 31.4 Å². The van der Waals surface area contributed by atoms with E-state index in [0.29, 0.717) is 18.2 Å². The largest absolute Gasteiger partial charge is 0.372 e. The van der Waals surface area contributed by atoms with E-state index in [1.54, 1.807) is 6.07 Å². The molecule has 1 saturated carbocycles. The summed E-state index contributed by atoms with van der Waals surface area (Å²) < 4.78 is 16.0. The number of halogens is 1. The van der Waals surface area contributed by atoms with Crippen LogP contribution in [0.3, 0.4) is 0 Å². The molecule has 28 heavy (non-hydrogen) atoms. The van der Waals surface area contributed by atoms with E-state index in [0.717, 1.165) is 37.3 Å². The van der Waals surface area contributed by atoms with Crippen LogP contribution < -0.4 is 5.32 Å². The van der Waals surface area contributed by atoms with Gasteiger partial charge in [0.1, 0.15) is 5.82 Å². The zero-order valence-electron chi connectivity index (χ0n) is 16.3. The molecule has 1 N–H and O–H groups in total. The van der Waals surface area contributed by atoms with Crippen LogP contribution in [0.5, 0.6) is 0 Å². The van der Waals surface area contributed by atoms with Gasteiger partial charge in [-0.05, 0) is 61.9 Å². The molecule has 0 unspecified atom stereocenters. The highest BCUT2D eigenvalue weighted by Gasteiger charge is 2.42. The van der Waals surface area contributed by atoms with Crippen molar-refractivity contribution in [2.75, 3.05) is 18.4 Å². The molecule has 5 rings (SSSR count). The lowest BCUT2D eigenvalue weighted by molar-refractivity contribution is -0.134. The lowest BCUT2D eigenvalue weighted by atomic mass is 9.81. The summed E-state index contributed by atoms with van der Waals surface area (Å²) in [5.74, 6) is 0.675. The molecule has 0 atom stereocenters. The minimum Gasteiger partial charge on any atom is -0.372 e. The summed E-state index contributed by atoms with van der Waals surface area (Å²) in [7, 11) is 0. The van der Waals surface area contributed by atoms with Crippen LogP contribution in [0.25, 0.3) is 5.69 Å². The molecule has 0 bridgehead atoms. The Bertz CT molecular complexity index is 876. The Morgan fingerprint density at radius 3 is 2.71 bits per heavy atom. The SMILES string of the molecule is O=C(CC1CCCCC1)N1CCC2(CC1)Nc1cc(F)ccc1-n1cccc12. The standard InChI is InChI=1S/C23H28FN3O/c24-18-8-9-20-19(16-18)25-23(21-7-4-12-27(20)21)10-13-26(14-11-23)22(28)15-17-5-2-1-3-6-17/h4,7-9,12,16-17,25H,1-3,5-6,10-11,13-15H2. The number of benzene rings is 1. The van der Waals surface area contributed by atoms with Crippen LogP contribution in [0.15, 0.2) is 36.5 Å². The summed E-state index contributed by atoms with van der Waals surface area (Å²) in [5.41, 5.74) is 2.81. The number of nitrogens with one attached hydrogen (secondary N) is 1. The zero-order valence-corrected chi connectivity index (χ0v) is 16.3. The first-order valence-corrected chi connectivity index (χ1v) is 10.7. The van der Waals surface area contributed by atoms with Gasteiger partial charge in [0.25, 0.3) is 0 Å². The minimum absolute atomic E-state index is 0.225. The first-order chi connectivity index (χ1) is 13.6. The van der Waals surface area contributed by atoms with Crippen molar-refractivity contribution >= 4 is 11.6 Å². The van der Waals surface area contributed by atoms with Crippen molar-refractivity contribution in [1.82, 2.24) is 9.47 Å². The van der Waals surface area contributed by atoms with Crippen molar-refractivity contribution in [2.24, 2.45) is 5.92 Å². The van der Waals surface area contributed by atoms with E-state index in [9.17, 15) is 9.18 Å². The number of hydrogen-bond donors (Lipinski definition) is 1. The quantitative estimate of drug-likeness (QED) is 0.809. The van der Waals surface area contributed by atoms with E-state index in [-0.39, 0.29) is 11.4 Å². The van der Waals surface area contributed by atoms with E-state index in [1.807, 2.05) is 6.07 Å². The van der Waals surface area contributed by atoms with Crippen LogP contribution in [-0.4, -0.2) is 28.5 Å². The Balaban J connectivity index is 1.32. The van der Waals surface area contributed by atoms with Crippen molar-refractivity contribution < 1.29 is 9.18 Å². The second-order valence-corrected chi connectivity index (χ2v) is 8.72. The van der Waals surface area contributed by atoms with Crippen molar-refractivity contribution in [3.8, 4) is 5.69 Å². The molecule has 2 fully saturated rings. The van der Waals surface area contributed by atoms with Gasteiger partial charge in [0.05, 0.1) is 16.9 Å². The second-order valence-electron chi connectivity index (χ2n) is 8.72. The number of anilines is 1. The molecule has 148 valence electrons. The van der Waals surface area contributed by atoms with Gasteiger partial charge >= 0.3 is 0 Å². The number of rotatable bonds is 2. The summed E-state index contributed by atoms with van der Waals surface area (Å²) in [6, 6.07) is 9.13. The van der Waals surface area contributed by atoms with E-state index in [4.69, 9.17) is 0 Å². The highest BCUT2D eigenvalue weighted by Crippen LogP contribution is 2.43.